The van der Waals surface area contributed by atoms with Gasteiger partial charge in [0.1, 0.15) is 0 Å². The molecule has 0 aromatic heterocycles. The largest absolute Gasteiger partial charge is 0.0915 e. The number of allylic oxidation sites excluding steroid dienone is 9. The van der Waals surface area contributed by atoms with Gasteiger partial charge in [0.15, 0.2) is 0 Å². The van der Waals surface area contributed by atoms with Crippen LogP contribution < -0.4 is 0 Å². The zero-order chi connectivity index (χ0) is 21.8. The van der Waals surface area contributed by atoms with Gasteiger partial charge in [-0.15, -0.1) is 0 Å². The first-order valence-corrected chi connectivity index (χ1v) is 12.0. The van der Waals surface area contributed by atoms with E-state index in [0.29, 0.717) is 11.3 Å². The van der Waals surface area contributed by atoms with Gasteiger partial charge in [0, 0.05) is 0 Å². The van der Waals surface area contributed by atoms with Gasteiger partial charge >= 0.3 is 0 Å². The van der Waals surface area contributed by atoms with Crippen molar-refractivity contribution in [3.63, 3.8) is 0 Å². The first kappa shape index (κ1) is 24.0. The third-order valence-corrected chi connectivity index (χ3v) is 7.96. The van der Waals surface area contributed by atoms with Crippen molar-refractivity contribution >= 4 is 0 Å². The maximum absolute atomic E-state index is 4.36. The van der Waals surface area contributed by atoms with Gasteiger partial charge in [0.05, 0.1) is 0 Å². The van der Waals surface area contributed by atoms with Crippen LogP contribution in [0.15, 0.2) is 59.3 Å². The second-order valence-corrected chi connectivity index (χ2v) is 10.9. The molecule has 0 aromatic carbocycles. The quantitative estimate of drug-likeness (QED) is 0.378. The molecule has 0 N–H and O–H groups in total. The Kier molecular flexibility index (Phi) is 8.38. The van der Waals surface area contributed by atoms with Gasteiger partial charge in [-0.1, -0.05) is 89.6 Å². The van der Waals surface area contributed by atoms with Gasteiger partial charge in [-0.25, -0.2) is 0 Å². The second kappa shape index (κ2) is 10.1. The number of hydrogen-bond acceptors (Lipinski definition) is 0. The Bertz CT molecular complexity index is 692. The minimum atomic E-state index is 0.315. The topological polar surface area (TPSA) is 0 Å². The van der Waals surface area contributed by atoms with Gasteiger partial charge < -0.3 is 0 Å². The van der Waals surface area contributed by atoms with E-state index in [4.69, 9.17) is 0 Å². The Morgan fingerprint density at radius 3 is 2.52 bits per heavy atom. The fourth-order valence-corrected chi connectivity index (χ4v) is 5.35. The summed E-state index contributed by atoms with van der Waals surface area (Å²) in [5, 5.41) is 0. The monoisotopic (exact) mass is 394 g/mol. The minimum absolute atomic E-state index is 0.315. The molecule has 2 aliphatic carbocycles. The zero-order valence-corrected chi connectivity index (χ0v) is 20.5. The van der Waals surface area contributed by atoms with E-state index in [0.717, 1.165) is 23.7 Å². The first-order chi connectivity index (χ1) is 13.6. The molecule has 0 nitrogen and oxygen atoms in total. The van der Waals surface area contributed by atoms with Gasteiger partial charge in [-0.05, 0) is 92.1 Å². The summed E-state index contributed by atoms with van der Waals surface area (Å²) in [6, 6.07) is 0. The van der Waals surface area contributed by atoms with Crippen molar-refractivity contribution in [2.45, 2.75) is 87.5 Å². The molecular weight excluding hydrogens is 348 g/mol. The van der Waals surface area contributed by atoms with E-state index in [2.05, 4.69) is 92.3 Å². The predicted molar refractivity (Wildman–Crippen MR) is 131 cm³/mol. The maximum atomic E-state index is 4.36. The molecule has 1 saturated carbocycles. The Labute approximate surface area is 181 Å². The predicted octanol–water partition coefficient (Wildman–Crippen LogP) is 9.08. The van der Waals surface area contributed by atoms with Crippen LogP contribution >= 0.6 is 0 Å². The van der Waals surface area contributed by atoms with E-state index >= 15 is 0 Å². The van der Waals surface area contributed by atoms with E-state index in [9.17, 15) is 0 Å². The lowest BCUT2D eigenvalue weighted by molar-refractivity contribution is 0.103. The number of hydrogen-bond donors (Lipinski definition) is 0. The lowest BCUT2D eigenvalue weighted by Gasteiger charge is -2.50. The smallest absolute Gasteiger partial charge is 0.00443 e. The molecular formula is C29H46. The molecule has 2 aliphatic rings. The maximum Gasteiger partial charge on any atom is -0.00443 e. The summed E-state index contributed by atoms with van der Waals surface area (Å²) in [5.41, 5.74) is 6.18. The van der Waals surface area contributed by atoms with Crippen LogP contribution in [0.5, 0.6) is 0 Å². The van der Waals surface area contributed by atoms with Crippen LogP contribution in [0.25, 0.3) is 0 Å². The van der Waals surface area contributed by atoms with E-state index in [1.165, 1.54) is 48.8 Å². The van der Waals surface area contributed by atoms with Crippen molar-refractivity contribution in [2.75, 3.05) is 0 Å². The third-order valence-electron chi connectivity index (χ3n) is 7.96. The molecule has 0 heteroatoms. The zero-order valence-electron chi connectivity index (χ0n) is 20.5. The summed E-state index contributed by atoms with van der Waals surface area (Å²) in [5.74, 6) is 3.66. The highest BCUT2D eigenvalue weighted by atomic mass is 14.5. The molecule has 5 unspecified atom stereocenters. The Balaban J connectivity index is 2.03. The van der Waals surface area contributed by atoms with Crippen LogP contribution in [0, 0.1) is 35.0 Å². The van der Waals surface area contributed by atoms with Gasteiger partial charge in [-0.2, -0.15) is 0 Å². The van der Waals surface area contributed by atoms with Crippen molar-refractivity contribution in [1.29, 1.82) is 0 Å². The average molecular weight is 395 g/mol. The number of rotatable bonds is 7. The molecule has 0 amide bonds. The van der Waals surface area contributed by atoms with Gasteiger partial charge in [0.25, 0.3) is 0 Å². The summed E-state index contributed by atoms with van der Waals surface area (Å²) in [6.07, 6.45) is 17.9. The highest BCUT2D eigenvalue weighted by molar-refractivity contribution is 5.48. The lowest BCUT2D eigenvalue weighted by Crippen LogP contribution is -2.40. The summed E-state index contributed by atoms with van der Waals surface area (Å²) in [6.45, 7) is 23.3. The molecule has 162 valence electrons. The molecule has 0 aliphatic heterocycles. The first-order valence-electron chi connectivity index (χ1n) is 12.0. The molecule has 0 aromatic rings. The molecule has 29 heavy (non-hydrogen) atoms. The highest BCUT2D eigenvalue weighted by Crippen LogP contribution is 2.56. The average Bonchev–Trinajstić information content (AvgIpc) is 2.64. The SMILES string of the molecule is C=C1C=C2CCC(CC(C)C(C)/C=C/C=C/CC(C)C)C(C)C2(C)CC1=C(C)C. The van der Waals surface area contributed by atoms with Crippen LogP contribution in [-0.4, -0.2) is 0 Å². The molecule has 0 saturated heterocycles. The van der Waals surface area contributed by atoms with E-state index in [1.54, 1.807) is 5.57 Å². The summed E-state index contributed by atoms with van der Waals surface area (Å²) < 4.78 is 0. The highest BCUT2D eigenvalue weighted by Gasteiger charge is 2.45. The molecule has 5 atom stereocenters. The van der Waals surface area contributed by atoms with Crippen LogP contribution in [0.2, 0.25) is 0 Å². The van der Waals surface area contributed by atoms with E-state index < -0.39 is 0 Å². The van der Waals surface area contributed by atoms with Crippen molar-refractivity contribution in [3.05, 3.63) is 59.3 Å². The van der Waals surface area contributed by atoms with Gasteiger partial charge in [-0.3, -0.25) is 0 Å². The lowest BCUT2D eigenvalue weighted by atomic mass is 9.54. The van der Waals surface area contributed by atoms with Crippen LogP contribution in [-0.2, 0) is 0 Å². The third kappa shape index (κ3) is 5.87. The molecule has 0 spiro atoms. The van der Waals surface area contributed by atoms with Crippen LogP contribution in [0.4, 0.5) is 0 Å². The van der Waals surface area contributed by atoms with E-state index in [1.807, 2.05) is 0 Å². The summed E-state index contributed by atoms with van der Waals surface area (Å²) in [4.78, 5) is 0. The van der Waals surface area contributed by atoms with Crippen molar-refractivity contribution < 1.29 is 0 Å². The standard InChI is InChI=1S/C29H46/c1-20(2)13-11-10-12-14-22(5)23(6)17-26-15-16-27-18-24(7)28(21(3)4)19-29(27,9)25(26)8/h10-12,14,18,20,22-23,25-26H,7,13,15-17,19H2,1-6,8-9H3/b11-10+,14-12+. The molecule has 0 bridgehead atoms. The Morgan fingerprint density at radius 2 is 1.90 bits per heavy atom. The van der Waals surface area contributed by atoms with Gasteiger partial charge in [0.2, 0.25) is 0 Å². The van der Waals surface area contributed by atoms with Crippen molar-refractivity contribution in [2.24, 2.45) is 35.0 Å². The van der Waals surface area contributed by atoms with E-state index in [-0.39, 0.29) is 0 Å². The van der Waals surface area contributed by atoms with Crippen LogP contribution in [0.3, 0.4) is 0 Å². The Morgan fingerprint density at radius 1 is 1.21 bits per heavy atom. The normalized spacial score (nSPS) is 30.0. The fourth-order valence-electron chi connectivity index (χ4n) is 5.35. The molecule has 0 heterocycles. The molecule has 1 fully saturated rings. The molecule has 2 rings (SSSR count). The summed E-state index contributed by atoms with van der Waals surface area (Å²) in [7, 11) is 0. The number of fused-ring (bicyclic) bond motifs is 1. The van der Waals surface area contributed by atoms with Crippen molar-refractivity contribution in [3.8, 4) is 0 Å². The van der Waals surface area contributed by atoms with Crippen LogP contribution in [0.1, 0.15) is 87.5 Å². The summed E-state index contributed by atoms with van der Waals surface area (Å²) >= 11 is 0. The van der Waals surface area contributed by atoms with Crippen molar-refractivity contribution in [1.82, 2.24) is 0 Å². The Hall–Kier alpha value is -1.30. The second-order valence-electron chi connectivity index (χ2n) is 10.9. The molecule has 0 radical (unpaired) electrons. The minimum Gasteiger partial charge on any atom is -0.0915 e. The fraction of sp³-hybridized carbons (Fsp3) is 0.655.